The van der Waals surface area contributed by atoms with E-state index in [4.69, 9.17) is 5.26 Å². The minimum Gasteiger partial charge on any atom is -0.310 e. The van der Waals surface area contributed by atoms with E-state index in [-0.39, 0.29) is 5.82 Å². The van der Waals surface area contributed by atoms with Crippen LogP contribution in [-0.4, -0.2) is 6.04 Å². The second-order valence-corrected chi connectivity index (χ2v) is 5.51. The Kier molecular flexibility index (Phi) is 4.55. The van der Waals surface area contributed by atoms with Crippen molar-refractivity contribution in [3.05, 3.63) is 35.1 Å². The molecule has 0 spiro atoms. The third kappa shape index (κ3) is 3.13. The molecule has 0 heterocycles. The molecule has 0 radical (unpaired) electrons. The number of benzene rings is 1. The molecular formula is C16H21FN2. The van der Waals surface area contributed by atoms with Gasteiger partial charge < -0.3 is 5.32 Å². The van der Waals surface area contributed by atoms with Gasteiger partial charge in [0, 0.05) is 18.2 Å². The Morgan fingerprint density at radius 3 is 2.84 bits per heavy atom. The molecule has 2 rings (SSSR count). The van der Waals surface area contributed by atoms with Crippen LogP contribution in [0, 0.1) is 29.0 Å². The fraction of sp³-hybridized carbons (Fsp3) is 0.562. The SMILES string of the molecule is CCC1CCC(NCc2cc(C#N)ccc2F)C1C. The van der Waals surface area contributed by atoms with Crippen molar-refractivity contribution in [1.29, 1.82) is 5.26 Å². The average molecular weight is 260 g/mol. The first kappa shape index (κ1) is 14.0. The van der Waals surface area contributed by atoms with E-state index in [1.54, 1.807) is 6.07 Å². The van der Waals surface area contributed by atoms with E-state index in [1.807, 2.05) is 0 Å². The molecule has 0 aliphatic heterocycles. The summed E-state index contributed by atoms with van der Waals surface area (Å²) in [5.74, 6) is 1.20. The van der Waals surface area contributed by atoms with E-state index in [0.717, 1.165) is 5.92 Å². The summed E-state index contributed by atoms with van der Waals surface area (Å²) in [4.78, 5) is 0. The highest BCUT2D eigenvalue weighted by Crippen LogP contribution is 2.34. The molecule has 102 valence electrons. The topological polar surface area (TPSA) is 35.8 Å². The van der Waals surface area contributed by atoms with Crippen LogP contribution in [0.15, 0.2) is 18.2 Å². The summed E-state index contributed by atoms with van der Waals surface area (Å²) in [6, 6.07) is 7.05. The van der Waals surface area contributed by atoms with Crippen molar-refractivity contribution in [2.24, 2.45) is 11.8 Å². The zero-order valence-corrected chi connectivity index (χ0v) is 11.6. The van der Waals surface area contributed by atoms with Gasteiger partial charge in [0.25, 0.3) is 0 Å². The van der Waals surface area contributed by atoms with E-state index >= 15 is 0 Å². The Morgan fingerprint density at radius 1 is 1.42 bits per heavy atom. The Hall–Kier alpha value is -1.40. The van der Waals surface area contributed by atoms with Crippen molar-refractivity contribution >= 4 is 0 Å². The first-order valence-corrected chi connectivity index (χ1v) is 7.07. The van der Waals surface area contributed by atoms with Crippen LogP contribution in [-0.2, 0) is 6.54 Å². The summed E-state index contributed by atoms with van der Waals surface area (Å²) >= 11 is 0. The van der Waals surface area contributed by atoms with Gasteiger partial charge in [0.1, 0.15) is 5.82 Å². The zero-order chi connectivity index (χ0) is 13.8. The predicted octanol–water partition coefficient (Wildman–Crippen LogP) is 3.61. The number of nitriles is 1. The quantitative estimate of drug-likeness (QED) is 0.897. The second-order valence-electron chi connectivity index (χ2n) is 5.51. The summed E-state index contributed by atoms with van der Waals surface area (Å²) in [6.07, 6.45) is 3.65. The number of rotatable bonds is 4. The van der Waals surface area contributed by atoms with E-state index in [2.05, 4.69) is 25.2 Å². The van der Waals surface area contributed by atoms with Crippen molar-refractivity contribution in [3.8, 4) is 6.07 Å². The molecule has 1 aliphatic carbocycles. The predicted molar refractivity (Wildman–Crippen MR) is 73.9 cm³/mol. The molecule has 1 aromatic carbocycles. The number of halogens is 1. The van der Waals surface area contributed by atoms with Crippen LogP contribution in [0.1, 0.15) is 44.2 Å². The van der Waals surface area contributed by atoms with Crippen LogP contribution in [0.4, 0.5) is 4.39 Å². The van der Waals surface area contributed by atoms with Gasteiger partial charge >= 0.3 is 0 Å². The van der Waals surface area contributed by atoms with Gasteiger partial charge in [0.2, 0.25) is 0 Å². The largest absolute Gasteiger partial charge is 0.310 e. The fourth-order valence-electron chi connectivity index (χ4n) is 3.13. The van der Waals surface area contributed by atoms with Gasteiger partial charge in [0.05, 0.1) is 11.6 Å². The highest BCUT2D eigenvalue weighted by Gasteiger charge is 2.30. The van der Waals surface area contributed by atoms with Gasteiger partial charge in [-0.05, 0) is 42.9 Å². The standard InChI is InChI=1S/C16H21FN2/c1-3-13-5-7-16(11(13)2)19-10-14-8-12(9-18)4-6-15(14)17/h4,6,8,11,13,16,19H,3,5,7,10H2,1-2H3. The molecule has 3 atom stereocenters. The smallest absolute Gasteiger partial charge is 0.127 e. The summed E-state index contributed by atoms with van der Waals surface area (Å²) in [5.41, 5.74) is 1.11. The van der Waals surface area contributed by atoms with E-state index in [9.17, 15) is 4.39 Å². The summed E-state index contributed by atoms with van der Waals surface area (Å²) in [6.45, 7) is 5.02. The van der Waals surface area contributed by atoms with Gasteiger partial charge in [-0.15, -0.1) is 0 Å². The minimum atomic E-state index is -0.232. The molecule has 1 N–H and O–H groups in total. The lowest BCUT2D eigenvalue weighted by Gasteiger charge is -2.21. The summed E-state index contributed by atoms with van der Waals surface area (Å²) < 4.78 is 13.7. The highest BCUT2D eigenvalue weighted by molar-refractivity contribution is 5.33. The monoisotopic (exact) mass is 260 g/mol. The zero-order valence-electron chi connectivity index (χ0n) is 11.6. The molecule has 1 aliphatic rings. The number of hydrogen-bond acceptors (Lipinski definition) is 2. The molecular weight excluding hydrogens is 239 g/mol. The van der Waals surface area contributed by atoms with Crippen LogP contribution in [0.2, 0.25) is 0 Å². The van der Waals surface area contributed by atoms with Crippen LogP contribution in [0.5, 0.6) is 0 Å². The van der Waals surface area contributed by atoms with Gasteiger partial charge in [-0.3, -0.25) is 0 Å². The van der Waals surface area contributed by atoms with Crippen LogP contribution in [0.25, 0.3) is 0 Å². The molecule has 0 saturated heterocycles. The molecule has 3 unspecified atom stereocenters. The van der Waals surface area contributed by atoms with E-state index in [0.29, 0.717) is 29.6 Å². The molecule has 2 nitrogen and oxygen atoms in total. The molecule has 0 aromatic heterocycles. The Morgan fingerprint density at radius 2 is 2.21 bits per heavy atom. The number of nitrogens with one attached hydrogen (secondary N) is 1. The lowest BCUT2D eigenvalue weighted by molar-refractivity contribution is 0.343. The van der Waals surface area contributed by atoms with Crippen molar-refractivity contribution in [2.75, 3.05) is 0 Å². The molecule has 1 saturated carbocycles. The van der Waals surface area contributed by atoms with Gasteiger partial charge in [-0.2, -0.15) is 5.26 Å². The lowest BCUT2D eigenvalue weighted by Crippen LogP contribution is -2.32. The minimum absolute atomic E-state index is 0.232. The first-order chi connectivity index (χ1) is 9.15. The van der Waals surface area contributed by atoms with Gasteiger partial charge in [-0.25, -0.2) is 4.39 Å². The molecule has 19 heavy (non-hydrogen) atoms. The Labute approximate surface area is 114 Å². The molecule has 0 amide bonds. The number of hydrogen-bond donors (Lipinski definition) is 1. The molecule has 1 fully saturated rings. The summed E-state index contributed by atoms with van der Waals surface area (Å²) in [7, 11) is 0. The Bertz CT molecular complexity index is 478. The number of nitrogens with zero attached hydrogens (tertiary/aromatic N) is 1. The maximum atomic E-state index is 13.7. The van der Waals surface area contributed by atoms with E-state index < -0.39 is 0 Å². The van der Waals surface area contributed by atoms with Gasteiger partial charge in [-0.1, -0.05) is 20.3 Å². The molecule has 1 aromatic rings. The third-order valence-electron chi connectivity index (χ3n) is 4.48. The summed E-state index contributed by atoms with van der Waals surface area (Å²) in [5, 5.41) is 12.3. The third-order valence-corrected chi connectivity index (χ3v) is 4.48. The molecule has 0 bridgehead atoms. The van der Waals surface area contributed by atoms with Crippen LogP contribution < -0.4 is 5.32 Å². The van der Waals surface area contributed by atoms with Crippen molar-refractivity contribution in [2.45, 2.75) is 45.7 Å². The van der Waals surface area contributed by atoms with Crippen LogP contribution in [0.3, 0.4) is 0 Å². The molecule has 3 heteroatoms. The maximum Gasteiger partial charge on any atom is 0.127 e. The fourth-order valence-corrected chi connectivity index (χ4v) is 3.13. The lowest BCUT2D eigenvalue weighted by atomic mass is 9.93. The van der Waals surface area contributed by atoms with Crippen molar-refractivity contribution in [1.82, 2.24) is 5.32 Å². The van der Waals surface area contributed by atoms with Crippen molar-refractivity contribution in [3.63, 3.8) is 0 Å². The van der Waals surface area contributed by atoms with Crippen molar-refractivity contribution < 1.29 is 4.39 Å². The van der Waals surface area contributed by atoms with E-state index in [1.165, 1.54) is 31.4 Å². The average Bonchev–Trinajstić information content (AvgIpc) is 2.78. The highest BCUT2D eigenvalue weighted by atomic mass is 19.1. The maximum absolute atomic E-state index is 13.7. The second kappa shape index (κ2) is 6.16. The van der Waals surface area contributed by atoms with Gasteiger partial charge in [0.15, 0.2) is 0 Å². The Balaban J connectivity index is 1.98. The van der Waals surface area contributed by atoms with Crippen LogP contribution >= 0.6 is 0 Å². The first-order valence-electron chi connectivity index (χ1n) is 7.07. The normalized spacial score (nSPS) is 26.3.